The highest BCUT2D eigenvalue weighted by Crippen LogP contribution is 2.32. The van der Waals surface area contributed by atoms with Gasteiger partial charge in [0.05, 0.1) is 5.92 Å². The highest BCUT2D eigenvalue weighted by molar-refractivity contribution is 5.97. The van der Waals surface area contributed by atoms with Crippen LogP contribution in [0.3, 0.4) is 0 Å². The lowest BCUT2D eigenvalue weighted by Gasteiger charge is -2.22. The fourth-order valence-electron chi connectivity index (χ4n) is 4.09. The molecule has 4 heterocycles. The van der Waals surface area contributed by atoms with Crippen LogP contribution in [0.25, 0.3) is 5.65 Å². The Morgan fingerprint density at radius 1 is 1.19 bits per heavy atom. The van der Waals surface area contributed by atoms with Crippen molar-refractivity contribution >= 4 is 23.1 Å². The zero-order valence-electron chi connectivity index (χ0n) is 14.7. The molecule has 7 nitrogen and oxygen atoms in total. The molecule has 0 spiro atoms. The lowest BCUT2D eigenvalue weighted by Crippen LogP contribution is -2.36. The maximum atomic E-state index is 13.1. The van der Waals surface area contributed by atoms with Crippen LogP contribution in [-0.4, -0.2) is 45.1 Å². The van der Waals surface area contributed by atoms with Crippen molar-refractivity contribution < 1.29 is 4.79 Å². The third kappa shape index (κ3) is 2.27. The van der Waals surface area contributed by atoms with Crippen molar-refractivity contribution in [2.75, 3.05) is 29.4 Å². The van der Waals surface area contributed by atoms with Gasteiger partial charge >= 0.3 is 0 Å². The molecule has 1 atom stereocenters. The fraction of sp³-hybridized carbons (Fsp3) is 0.368. The first-order chi connectivity index (χ1) is 12.7. The maximum Gasteiger partial charge on any atom is 0.231 e. The second-order valence-corrected chi connectivity index (χ2v) is 6.99. The quantitative estimate of drug-likeness (QED) is 0.707. The van der Waals surface area contributed by atoms with E-state index in [4.69, 9.17) is 0 Å². The first-order valence-electron chi connectivity index (χ1n) is 9.03. The molecule has 0 saturated carbocycles. The van der Waals surface area contributed by atoms with Crippen molar-refractivity contribution in [2.24, 2.45) is 5.92 Å². The van der Waals surface area contributed by atoms with E-state index in [1.54, 1.807) is 6.20 Å². The highest BCUT2D eigenvalue weighted by atomic mass is 16.2. The molecular formula is C19H20N6O. The number of hydrogen-bond donors (Lipinski definition) is 0. The molecule has 132 valence electrons. The molecule has 2 aliphatic rings. The lowest BCUT2D eigenvalue weighted by molar-refractivity contribution is -0.121. The number of hydrogen-bond acceptors (Lipinski definition) is 5. The molecule has 1 aromatic carbocycles. The zero-order valence-corrected chi connectivity index (χ0v) is 14.7. The van der Waals surface area contributed by atoms with Gasteiger partial charge in [0.25, 0.3) is 0 Å². The van der Waals surface area contributed by atoms with Crippen LogP contribution in [0.2, 0.25) is 0 Å². The summed E-state index contributed by atoms with van der Waals surface area (Å²) in [5, 5.41) is 8.39. The molecule has 0 radical (unpaired) electrons. The Hall–Kier alpha value is -2.96. The number of amides is 1. The molecular weight excluding hydrogens is 328 g/mol. The van der Waals surface area contributed by atoms with Gasteiger partial charge in [0.1, 0.15) is 5.82 Å². The molecule has 5 rings (SSSR count). The second kappa shape index (κ2) is 5.79. The molecule has 26 heavy (non-hydrogen) atoms. The van der Waals surface area contributed by atoms with Crippen molar-refractivity contribution in [3.63, 3.8) is 0 Å². The van der Waals surface area contributed by atoms with Gasteiger partial charge in [-0.15, -0.1) is 10.2 Å². The van der Waals surface area contributed by atoms with Crippen LogP contribution in [0.15, 0.2) is 36.7 Å². The van der Waals surface area contributed by atoms with Crippen LogP contribution in [-0.2, 0) is 11.2 Å². The topological polar surface area (TPSA) is 66.6 Å². The van der Waals surface area contributed by atoms with Crippen molar-refractivity contribution in [1.29, 1.82) is 0 Å². The number of aryl methyl sites for hydroxylation is 1. The average Bonchev–Trinajstić information content (AvgIpc) is 3.39. The third-order valence-electron chi connectivity index (χ3n) is 5.47. The number of aromatic nitrogens is 4. The van der Waals surface area contributed by atoms with E-state index in [2.05, 4.69) is 26.1 Å². The van der Waals surface area contributed by atoms with Gasteiger partial charge in [-0.25, -0.2) is 4.98 Å². The van der Waals surface area contributed by atoms with Gasteiger partial charge in [0.15, 0.2) is 5.82 Å². The number of carbonyl (C=O) groups excluding carboxylic acids is 1. The van der Waals surface area contributed by atoms with Gasteiger partial charge in [-0.1, -0.05) is 18.2 Å². The van der Waals surface area contributed by atoms with Crippen LogP contribution in [0.5, 0.6) is 0 Å². The molecule has 1 unspecified atom stereocenters. The van der Waals surface area contributed by atoms with Crippen LogP contribution in [0.1, 0.15) is 17.8 Å². The summed E-state index contributed by atoms with van der Waals surface area (Å²) >= 11 is 0. The molecule has 3 aromatic rings. The number of carbonyl (C=O) groups is 1. The summed E-state index contributed by atoms with van der Waals surface area (Å²) in [4.78, 5) is 21.7. The number of para-hydroxylation sites is 1. The summed E-state index contributed by atoms with van der Waals surface area (Å²) in [5.74, 6) is 1.86. The van der Waals surface area contributed by atoms with Crippen molar-refractivity contribution in [2.45, 2.75) is 19.8 Å². The standard InChI is InChI=1S/C19H20N6O/c1-13-21-22-18-17(20-8-11-24(13)18)23-9-6-15(12-23)19(26)25-10-7-14-4-2-3-5-16(14)25/h2-5,8,11,15H,6-7,9-10,12H2,1H3. The Balaban J connectivity index is 1.38. The molecule has 7 heteroatoms. The molecule has 1 fully saturated rings. The van der Waals surface area contributed by atoms with Crippen molar-refractivity contribution in [3.8, 4) is 0 Å². The summed E-state index contributed by atoms with van der Waals surface area (Å²) < 4.78 is 1.94. The minimum atomic E-state index is -0.00719. The first kappa shape index (κ1) is 15.3. The largest absolute Gasteiger partial charge is 0.353 e. The van der Waals surface area contributed by atoms with Gasteiger partial charge in [0.2, 0.25) is 11.6 Å². The molecule has 0 aliphatic carbocycles. The Bertz CT molecular complexity index is 997. The van der Waals surface area contributed by atoms with Gasteiger partial charge < -0.3 is 9.80 Å². The summed E-state index contributed by atoms with van der Waals surface area (Å²) in [5.41, 5.74) is 3.09. The minimum Gasteiger partial charge on any atom is -0.353 e. The Labute approximate surface area is 151 Å². The number of benzene rings is 1. The van der Waals surface area contributed by atoms with Crippen molar-refractivity contribution in [1.82, 2.24) is 19.6 Å². The van der Waals surface area contributed by atoms with Crippen LogP contribution >= 0.6 is 0 Å². The number of nitrogens with zero attached hydrogens (tertiary/aromatic N) is 6. The van der Waals surface area contributed by atoms with Crippen LogP contribution < -0.4 is 9.80 Å². The van der Waals surface area contributed by atoms with Crippen LogP contribution in [0.4, 0.5) is 11.5 Å². The molecule has 1 amide bonds. The number of fused-ring (bicyclic) bond motifs is 2. The summed E-state index contributed by atoms with van der Waals surface area (Å²) in [6, 6.07) is 8.21. The van der Waals surface area contributed by atoms with Gasteiger partial charge in [0, 0.05) is 37.7 Å². The predicted octanol–water partition coefficient (Wildman–Crippen LogP) is 1.85. The van der Waals surface area contributed by atoms with Gasteiger partial charge in [-0.2, -0.15) is 0 Å². The monoisotopic (exact) mass is 348 g/mol. The van der Waals surface area contributed by atoms with E-state index in [0.717, 1.165) is 48.9 Å². The highest BCUT2D eigenvalue weighted by Gasteiger charge is 2.35. The molecule has 0 bridgehead atoms. The van der Waals surface area contributed by atoms with E-state index in [9.17, 15) is 4.79 Å². The van der Waals surface area contributed by atoms with E-state index in [-0.39, 0.29) is 11.8 Å². The van der Waals surface area contributed by atoms with E-state index in [1.807, 2.05) is 40.6 Å². The SMILES string of the molecule is Cc1nnc2c(N3CCC(C(=O)N4CCc5ccccc54)C3)nccn12. The zero-order chi connectivity index (χ0) is 17.7. The summed E-state index contributed by atoms with van der Waals surface area (Å²) in [7, 11) is 0. The van der Waals surface area contributed by atoms with Crippen LogP contribution in [0, 0.1) is 12.8 Å². The Morgan fingerprint density at radius 3 is 3.00 bits per heavy atom. The maximum absolute atomic E-state index is 13.1. The van der Waals surface area contributed by atoms with E-state index in [0.29, 0.717) is 6.54 Å². The Kier molecular flexibility index (Phi) is 3.41. The van der Waals surface area contributed by atoms with E-state index in [1.165, 1.54) is 5.56 Å². The summed E-state index contributed by atoms with van der Waals surface area (Å²) in [6.45, 7) is 4.19. The normalized spacial score (nSPS) is 19.3. The number of rotatable bonds is 2. The smallest absolute Gasteiger partial charge is 0.231 e. The predicted molar refractivity (Wildman–Crippen MR) is 98.3 cm³/mol. The van der Waals surface area contributed by atoms with Gasteiger partial charge in [-0.05, 0) is 31.4 Å². The van der Waals surface area contributed by atoms with E-state index < -0.39 is 0 Å². The first-order valence-corrected chi connectivity index (χ1v) is 9.03. The second-order valence-electron chi connectivity index (χ2n) is 6.99. The molecule has 2 aromatic heterocycles. The fourth-order valence-corrected chi connectivity index (χ4v) is 4.09. The average molecular weight is 348 g/mol. The summed E-state index contributed by atoms with van der Waals surface area (Å²) in [6.07, 6.45) is 5.42. The molecule has 2 aliphatic heterocycles. The van der Waals surface area contributed by atoms with Crippen molar-refractivity contribution in [3.05, 3.63) is 48.0 Å². The third-order valence-corrected chi connectivity index (χ3v) is 5.47. The minimum absolute atomic E-state index is 0.00719. The number of anilines is 2. The van der Waals surface area contributed by atoms with E-state index >= 15 is 0 Å². The molecule has 1 saturated heterocycles. The Morgan fingerprint density at radius 2 is 2.08 bits per heavy atom. The van der Waals surface area contributed by atoms with Gasteiger partial charge in [-0.3, -0.25) is 9.20 Å². The molecule has 0 N–H and O–H groups in total. The lowest BCUT2D eigenvalue weighted by atomic mass is 10.1.